The van der Waals surface area contributed by atoms with Crippen LogP contribution in [0.2, 0.25) is 0 Å². The van der Waals surface area contributed by atoms with Crippen molar-refractivity contribution in [2.24, 2.45) is 0 Å². The fraction of sp³-hybridized carbons (Fsp3) is 0.0909. The Morgan fingerprint density at radius 2 is 2.00 bits per heavy atom. The minimum absolute atomic E-state index is 0.115. The quantitative estimate of drug-likeness (QED) is 0.744. The Kier molecular flexibility index (Phi) is 2.14. The van der Waals surface area contributed by atoms with Gasteiger partial charge in [0.15, 0.2) is 5.76 Å². The zero-order chi connectivity index (χ0) is 10.8. The summed E-state index contributed by atoms with van der Waals surface area (Å²) in [6.07, 6.45) is 0. The largest absolute Gasteiger partial charge is 0.502 e. The lowest BCUT2D eigenvalue weighted by Gasteiger charge is -2.14. The van der Waals surface area contributed by atoms with Gasteiger partial charge in [-0.1, -0.05) is 18.2 Å². The van der Waals surface area contributed by atoms with Gasteiger partial charge in [0.2, 0.25) is 0 Å². The molecule has 1 aliphatic rings. The lowest BCUT2D eigenvalue weighted by Crippen LogP contribution is -2.26. The van der Waals surface area contributed by atoms with Gasteiger partial charge in [-0.2, -0.15) is 5.26 Å². The SMILES string of the molecule is N#CC1=C(O)C(=O)N(c2ccccc2)C1. The summed E-state index contributed by atoms with van der Waals surface area (Å²) in [5.74, 6) is -0.959. The molecular weight excluding hydrogens is 192 g/mol. The lowest BCUT2D eigenvalue weighted by molar-refractivity contribution is -0.116. The number of carbonyl (C=O) groups excluding carboxylic acids is 1. The average molecular weight is 200 g/mol. The zero-order valence-corrected chi connectivity index (χ0v) is 7.84. The molecule has 0 radical (unpaired) electrons. The monoisotopic (exact) mass is 200 g/mol. The van der Waals surface area contributed by atoms with Gasteiger partial charge < -0.3 is 10.0 Å². The van der Waals surface area contributed by atoms with Gasteiger partial charge in [-0.25, -0.2) is 0 Å². The molecule has 1 amide bonds. The summed E-state index contributed by atoms with van der Waals surface area (Å²) in [5, 5.41) is 18.0. The van der Waals surface area contributed by atoms with Crippen molar-refractivity contribution in [2.45, 2.75) is 0 Å². The van der Waals surface area contributed by atoms with Crippen molar-refractivity contribution in [2.75, 3.05) is 11.4 Å². The molecule has 1 aromatic rings. The summed E-state index contributed by atoms with van der Waals surface area (Å²) in [6, 6.07) is 10.7. The van der Waals surface area contributed by atoms with Crippen molar-refractivity contribution in [1.29, 1.82) is 5.26 Å². The van der Waals surface area contributed by atoms with E-state index in [0.29, 0.717) is 5.69 Å². The number of benzene rings is 1. The van der Waals surface area contributed by atoms with Gasteiger partial charge in [-0.05, 0) is 12.1 Å². The molecule has 0 bridgehead atoms. The second-order valence-corrected chi connectivity index (χ2v) is 3.17. The third kappa shape index (κ3) is 1.44. The van der Waals surface area contributed by atoms with E-state index in [2.05, 4.69) is 0 Å². The number of nitriles is 1. The Morgan fingerprint density at radius 1 is 1.33 bits per heavy atom. The maximum Gasteiger partial charge on any atom is 0.294 e. The molecule has 0 saturated heterocycles. The van der Waals surface area contributed by atoms with Crippen LogP contribution in [0.1, 0.15) is 0 Å². The van der Waals surface area contributed by atoms with Crippen LogP contribution in [0.15, 0.2) is 41.7 Å². The molecule has 15 heavy (non-hydrogen) atoms. The minimum Gasteiger partial charge on any atom is -0.502 e. The number of nitrogens with zero attached hydrogens (tertiary/aromatic N) is 2. The van der Waals surface area contributed by atoms with Gasteiger partial charge in [0.25, 0.3) is 5.91 Å². The van der Waals surface area contributed by atoms with Crippen LogP contribution in [-0.2, 0) is 4.79 Å². The maximum absolute atomic E-state index is 11.5. The van der Waals surface area contributed by atoms with E-state index >= 15 is 0 Å². The van der Waals surface area contributed by atoms with E-state index in [1.807, 2.05) is 12.1 Å². The van der Waals surface area contributed by atoms with E-state index in [9.17, 15) is 9.90 Å². The number of para-hydroxylation sites is 1. The van der Waals surface area contributed by atoms with Crippen LogP contribution in [0, 0.1) is 11.3 Å². The van der Waals surface area contributed by atoms with Gasteiger partial charge in [-0.15, -0.1) is 0 Å². The molecule has 0 aliphatic carbocycles. The first kappa shape index (κ1) is 9.28. The van der Waals surface area contributed by atoms with Crippen molar-refractivity contribution in [3.63, 3.8) is 0 Å². The summed E-state index contributed by atoms with van der Waals surface area (Å²) in [6.45, 7) is 0.144. The molecule has 74 valence electrons. The van der Waals surface area contributed by atoms with E-state index in [1.54, 1.807) is 24.3 Å². The summed E-state index contributed by atoms with van der Waals surface area (Å²) >= 11 is 0. The summed E-state index contributed by atoms with van der Waals surface area (Å²) in [7, 11) is 0. The van der Waals surface area contributed by atoms with Crippen molar-refractivity contribution in [3.05, 3.63) is 41.7 Å². The minimum atomic E-state index is -0.516. The summed E-state index contributed by atoms with van der Waals surface area (Å²) in [5.41, 5.74) is 0.795. The third-order valence-electron chi connectivity index (χ3n) is 2.25. The maximum atomic E-state index is 11.5. The third-order valence-corrected chi connectivity index (χ3v) is 2.25. The van der Waals surface area contributed by atoms with E-state index in [1.165, 1.54) is 4.90 Å². The van der Waals surface area contributed by atoms with E-state index in [-0.39, 0.29) is 12.1 Å². The normalized spacial score (nSPS) is 15.7. The predicted molar refractivity (Wildman–Crippen MR) is 54.1 cm³/mol. The Balaban J connectivity index is 2.33. The molecule has 1 aromatic carbocycles. The highest BCUT2D eigenvalue weighted by Gasteiger charge is 2.31. The Bertz CT molecular complexity index is 471. The number of aliphatic hydroxyl groups is 1. The van der Waals surface area contributed by atoms with Gasteiger partial charge in [0.1, 0.15) is 6.07 Å². The predicted octanol–water partition coefficient (Wildman–Crippen LogP) is 1.37. The van der Waals surface area contributed by atoms with Crippen LogP contribution in [-0.4, -0.2) is 17.6 Å². The number of hydrogen-bond acceptors (Lipinski definition) is 3. The Hall–Kier alpha value is -2.28. The summed E-state index contributed by atoms with van der Waals surface area (Å²) in [4.78, 5) is 12.9. The van der Waals surface area contributed by atoms with Gasteiger partial charge in [0, 0.05) is 5.69 Å². The lowest BCUT2D eigenvalue weighted by atomic mass is 10.3. The van der Waals surface area contributed by atoms with Gasteiger partial charge in [0.05, 0.1) is 12.1 Å². The first-order valence-electron chi connectivity index (χ1n) is 4.43. The average Bonchev–Trinajstić information content (AvgIpc) is 2.57. The number of anilines is 1. The molecule has 1 N–H and O–H groups in total. The number of carbonyl (C=O) groups is 1. The molecule has 2 rings (SSSR count). The molecule has 4 heteroatoms. The number of rotatable bonds is 1. The second kappa shape index (κ2) is 3.46. The number of aliphatic hydroxyl groups excluding tert-OH is 1. The smallest absolute Gasteiger partial charge is 0.294 e. The van der Waals surface area contributed by atoms with Crippen LogP contribution in [0.25, 0.3) is 0 Å². The molecule has 0 spiro atoms. The molecule has 4 nitrogen and oxygen atoms in total. The van der Waals surface area contributed by atoms with Crippen LogP contribution >= 0.6 is 0 Å². The molecule has 0 saturated carbocycles. The van der Waals surface area contributed by atoms with Crippen molar-refractivity contribution < 1.29 is 9.90 Å². The molecular formula is C11H8N2O2. The molecule has 0 atom stereocenters. The van der Waals surface area contributed by atoms with Crippen molar-refractivity contribution in [1.82, 2.24) is 0 Å². The fourth-order valence-corrected chi connectivity index (χ4v) is 1.47. The molecule has 0 fully saturated rings. The summed E-state index contributed by atoms with van der Waals surface area (Å²) < 4.78 is 0. The van der Waals surface area contributed by atoms with Crippen molar-refractivity contribution >= 4 is 11.6 Å². The standard InChI is InChI=1S/C11H8N2O2/c12-6-8-7-13(11(15)10(8)14)9-4-2-1-3-5-9/h1-5,14H,7H2. The zero-order valence-electron chi connectivity index (χ0n) is 7.84. The first-order chi connectivity index (χ1) is 7.24. The molecule has 0 unspecified atom stereocenters. The van der Waals surface area contributed by atoms with E-state index in [0.717, 1.165) is 0 Å². The van der Waals surface area contributed by atoms with Gasteiger partial charge >= 0.3 is 0 Å². The Morgan fingerprint density at radius 3 is 2.53 bits per heavy atom. The topological polar surface area (TPSA) is 64.3 Å². The molecule has 0 aromatic heterocycles. The Labute approximate surface area is 86.7 Å². The molecule has 1 heterocycles. The fourth-order valence-electron chi connectivity index (χ4n) is 1.47. The van der Waals surface area contributed by atoms with Crippen LogP contribution in [0.5, 0.6) is 0 Å². The van der Waals surface area contributed by atoms with Crippen molar-refractivity contribution in [3.8, 4) is 6.07 Å². The van der Waals surface area contributed by atoms with E-state index < -0.39 is 11.7 Å². The van der Waals surface area contributed by atoms with Crippen LogP contribution in [0.4, 0.5) is 5.69 Å². The van der Waals surface area contributed by atoms with Gasteiger partial charge in [-0.3, -0.25) is 4.79 Å². The number of hydrogen-bond donors (Lipinski definition) is 1. The number of amides is 1. The van der Waals surface area contributed by atoms with E-state index in [4.69, 9.17) is 5.26 Å². The highest BCUT2D eigenvalue weighted by atomic mass is 16.3. The highest BCUT2D eigenvalue weighted by molar-refractivity contribution is 6.08. The first-order valence-corrected chi connectivity index (χ1v) is 4.43. The highest BCUT2D eigenvalue weighted by Crippen LogP contribution is 2.23. The van der Waals surface area contributed by atoms with Crippen LogP contribution < -0.4 is 4.90 Å². The van der Waals surface area contributed by atoms with Crippen LogP contribution in [0.3, 0.4) is 0 Å². The second-order valence-electron chi connectivity index (χ2n) is 3.17. The molecule has 1 aliphatic heterocycles.